The van der Waals surface area contributed by atoms with Crippen molar-refractivity contribution in [3.05, 3.63) is 48.5 Å². The standard InChI is InChI=1S/C13H5Cl4N3O2S/c14-5-1-2-6(8(15)3-5)12-19-20-13(22-12)18-11(21)7-4-9(16)23-10(7)17/h1-4H,(H,18,20,21). The third kappa shape index (κ3) is 3.62. The molecule has 0 saturated carbocycles. The molecule has 1 N–H and O–H groups in total. The summed E-state index contributed by atoms with van der Waals surface area (Å²) in [7, 11) is 0. The number of nitrogens with one attached hydrogen (secondary N) is 1. The van der Waals surface area contributed by atoms with Crippen LogP contribution in [-0.4, -0.2) is 16.1 Å². The Hall–Kier alpha value is -1.31. The van der Waals surface area contributed by atoms with Gasteiger partial charge in [0.2, 0.25) is 0 Å². The van der Waals surface area contributed by atoms with Crippen LogP contribution in [-0.2, 0) is 0 Å². The zero-order valence-corrected chi connectivity index (χ0v) is 14.8. The Morgan fingerprint density at radius 1 is 1.13 bits per heavy atom. The van der Waals surface area contributed by atoms with Crippen LogP contribution in [0.2, 0.25) is 18.7 Å². The molecule has 0 spiro atoms. The van der Waals surface area contributed by atoms with Gasteiger partial charge in [-0.2, -0.15) is 0 Å². The average molecular weight is 409 g/mol. The van der Waals surface area contributed by atoms with Crippen LogP contribution in [0, 0.1) is 0 Å². The highest BCUT2D eigenvalue weighted by atomic mass is 35.5. The fraction of sp³-hybridized carbons (Fsp3) is 0. The Balaban J connectivity index is 1.82. The smallest absolute Gasteiger partial charge is 0.322 e. The first-order valence-corrected chi connectivity index (χ1v) is 8.32. The van der Waals surface area contributed by atoms with Gasteiger partial charge in [0.1, 0.15) is 4.34 Å². The van der Waals surface area contributed by atoms with E-state index in [1.165, 1.54) is 6.07 Å². The molecule has 118 valence electrons. The summed E-state index contributed by atoms with van der Waals surface area (Å²) >= 11 is 24.7. The van der Waals surface area contributed by atoms with Gasteiger partial charge in [0.05, 0.1) is 20.5 Å². The molecule has 2 aromatic heterocycles. The summed E-state index contributed by atoms with van der Waals surface area (Å²) in [5.41, 5.74) is 0.728. The van der Waals surface area contributed by atoms with Crippen LogP contribution < -0.4 is 5.32 Å². The van der Waals surface area contributed by atoms with Crippen molar-refractivity contribution >= 4 is 69.7 Å². The molecule has 0 fully saturated rings. The van der Waals surface area contributed by atoms with E-state index in [2.05, 4.69) is 15.5 Å². The van der Waals surface area contributed by atoms with Gasteiger partial charge in [-0.05, 0) is 24.3 Å². The number of carbonyl (C=O) groups is 1. The van der Waals surface area contributed by atoms with Crippen LogP contribution in [0.1, 0.15) is 10.4 Å². The third-order valence-corrected chi connectivity index (χ3v) is 4.74. The molecule has 2 heterocycles. The van der Waals surface area contributed by atoms with E-state index in [0.717, 1.165) is 11.3 Å². The predicted octanol–water partition coefficient (Wildman–Crippen LogP) is 5.66. The fourth-order valence-electron chi connectivity index (χ4n) is 1.71. The Morgan fingerprint density at radius 3 is 2.57 bits per heavy atom. The average Bonchev–Trinajstić information content (AvgIpc) is 3.05. The number of amides is 1. The van der Waals surface area contributed by atoms with E-state index >= 15 is 0 Å². The summed E-state index contributed by atoms with van der Waals surface area (Å²) in [6.45, 7) is 0. The van der Waals surface area contributed by atoms with Crippen LogP contribution in [0.4, 0.5) is 6.01 Å². The predicted molar refractivity (Wildman–Crippen MR) is 92.0 cm³/mol. The maximum absolute atomic E-state index is 12.1. The molecule has 3 aromatic rings. The lowest BCUT2D eigenvalue weighted by molar-refractivity contribution is 0.102. The number of rotatable bonds is 3. The molecular weight excluding hydrogens is 404 g/mol. The number of halogens is 4. The van der Waals surface area contributed by atoms with Gasteiger partial charge in [-0.1, -0.05) is 51.5 Å². The molecule has 0 aliphatic carbocycles. The van der Waals surface area contributed by atoms with Crippen molar-refractivity contribution in [3.63, 3.8) is 0 Å². The first-order chi connectivity index (χ1) is 10.9. The number of anilines is 1. The number of hydrogen-bond acceptors (Lipinski definition) is 5. The van der Waals surface area contributed by atoms with Crippen molar-refractivity contribution < 1.29 is 9.21 Å². The molecule has 0 aliphatic heterocycles. The van der Waals surface area contributed by atoms with E-state index in [-0.39, 0.29) is 21.8 Å². The van der Waals surface area contributed by atoms with Gasteiger partial charge in [0, 0.05) is 5.02 Å². The normalized spacial score (nSPS) is 10.8. The van der Waals surface area contributed by atoms with E-state index in [9.17, 15) is 4.79 Å². The SMILES string of the molecule is O=C(Nc1nnc(-c2ccc(Cl)cc2Cl)o1)c1cc(Cl)sc1Cl. The molecule has 10 heteroatoms. The number of hydrogen-bond donors (Lipinski definition) is 1. The first-order valence-electron chi connectivity index (χ1n) is 5.99. The van der Waals surface area contributed by atoms with Crippen LogP contribution in [0.5, 0.6) is 0 Å². The van der Waals surface area contributed by atoms with Gasteiger partial charge in [-0.3, -0.25) is 10.1 Å². The molecular formula is C13H5Cl4N3O2S. The maximum atomic E-state index is 12.1. The summed E-state index contributed by atoms with van der Waals surface area (Å²) in [6, 6.07) is 6.19. The molecule has 0 unspecified atom stereocenters. The lowest BCUT2D eigenvalue weighted by Crippen LogP contribution is -2.11. The maximum Gasteiger partial charge on any atom is 0.322 e. The second kappa shape index (κ2) is 6.67. The minimum absolute atomic E-state index is 0.0885. The number of thiophene rings is 1. The Kier molecular flexibility index (Phi) is 4.79. The van der Waals surface area contributed by atoms with Crippen molar-refractivity contribution in [1.82, 2.24) is 10.2 Å². The minimum Gasteiger partial charge on any atom is -0.403 e. The van der Waals surface area contributed by atoms with Crippen LogP contribution in [0.3, 0.4) is 0 Å². The molecule has 5 nitrogen and oxygen atoms in total. The Morgan fingerprint density at radius 2 is 1.91 bits per heavy atom. The fourth-order valence-corrected chi connectivity index (χ4v) is 3.65. The number of nitrogens with zero attached hydrogens (tertiary/aromatic N) is 2. The van der Waals surface area contributed by atoms with Gasteiger partial charge < -0.3 is 4.42 Å². The van der Waals surface area contributed by atoms with Crippen LogP contribution in [0.15, 0.2) is 28.7 Å². The molecule has 0 bridgehead atoms. The van der Waals surface area contributed by atoms with Gasteiger partial charge >= 0.3 is 6.01 Å². The monoisotopic (exact) mass is 407 g/mol. The number of carbonyl (C=O) groups excluding carboxylic acids is 1. The summed E-state index contributed by atoms with van der Waals surface area (Å²) in [5.74, 6) is -0.355. The Labute approximate surface area is 154 Å². The quantitative estimate of drug-likeness (QED) is 0.606. The van der Waals surface area contributed by atoms with Crippen molar-refractivity contribution in [2.24, 2.45) is 0 Å². The van der Waals surface area contributed by atoms with Gasteiger partial charge in [-0.25, -0.2) is 0 Å². The Bertz CT molecular complexity index is 893. The molecule has 3 rings (SSSR count). The van der Waals surface area contributed by atoms with Gasteiger partial charge in [0.25, 0.3) is 11.8 Å². The molecule has 23 heavy (non-hydrogen) atoms. The van der Waals surface area contributed by atoms with E-state index in [1.807, 2.05) is 0 Å². The lowest BCUT2D eigenvalue weighted by atomic mass is 10.2. The molecule has 1 aromatic carbocycles. The largest absolute Gasteiger partial charge is 0.403 e. The van der Waals surface area contributed by atoms with Crippen molar-refractivity contribution in [1.29, 1.82) is 0 Å². The highest BCUT2D eigenvalue weighted by Gasteiger charge is 2.18. The molecule has 0 aliphatic rings. The zero-order chi connectivity index (χ0) is 16.6. The van der Waals surface area contributed by atoms with Crippen molar-refractivity contribution in [2.75, 3.05) is 5.32 Å². The number of aromatic nitrogens is 2. The summed E-state index contributed by atoms with van der Waals surface area (Å²) in [5, 5.41) is 10.9. The van der Waals surface area contributed by atoms with Crippen LogP contribution in [0.25, 0.3) is 11.5 Å². The summed E-state index contributed by atoms with van der Waals surface area (Å²) in [6.07, 6.45) is 0. The first kappa shape index (κ1) is 16.5. The van der Waals surface area contributed by atoms with Gasteiger partial charge in [0.15, 0.2) is 0 Å². The van der Waals surface area contributed by atoms with E-state index in [4.69, 9.17) is 50.8 Å². The highest BCUT2D eigenvalue weighted by molar-refractivity contribution is 7.20. The van der Waals surface area contributed by atoms with E-state index in [1.54, 1.807) is 18.2 Å². The van der Waals surface area contributed by atoms with Crippen molar-refractivity contribution in [3.8, 4) is 11.5 Å². The second-order valence-corrected chi connectivity index (χ2v) is 7.36. The summed E-state index contributed by atoms with van der Waals surface area (Å²) < 4.78 is 6.05. The second-order valence-electron chi connectivity index (χ2n) is 4.23. The van der Waals surface area contributed by atoms with Crippen molar-refractivity contribution in [2.45, 2.75) is 0 Å². The van der Waals surface area contributed by atoms with E-state index < -0.39 is 5.91 Å². The van der Waals surface area contributed by atoms with E-state index in [0.29, 0.717) is 19.9 Å². The third-order valence-electron chi connectivity index (χ3n) is 2.71. The number of benzene rings is 1. The lowest BCUT2D eigenvalue weighted by Gasteiger charge is -2.00. The summed E-state index contributed by atoms with van der Waals surface area (Å²) in [4.78, 5) is 12.1. The molecule has 0 saturated heterocycles. The minimum atomic E-state index is -0.504. The molecule has 0 atom stereocenters. The molecule has 1 amide bonds. The molecule has 0 radical (unpaired) electrons. The topological polar surface area (TPSA) is 68.0 Å². The van der Waals surface area contributed by atoms with Gasteiger partial charge in [-0.15, -0.1) is 16.4 Å². The van der Waals surface area contributed by atoms with Crippen LogP contribution >= 0.6 is 57.7 Å². The zero-order valence-electron chi connectivity index (χ0n) is 10.9. The highest BCUT2D eigenvalue weighted by Crippen LogP contribution is 2.32.